The molecule has 2 rings (SSSR count). The van der Waals surface area contributed by atoms with Gasteiger partial charge in [-0.2, -0.15) is 13.2 Å². The van der Waals surface area contributed by atoms with Crippen molar-refractivity contribution in [1.82, 2.24) is 10.3 Å². The van der Waals surface area contributed by atoms with Crippen LogP contribution in [0.2, 0.25) is 0 Å². The number of carbonyl (C=O) groups excluding carboxylic acids is 1. The maximum absolute atomic E-state index is 12.5. The van der Waals surface area contributed by atoms with Crippen LogP contribution in [0, 0.1) is 5.92 Å². The number of rotatable bonds is 2. The van der Waals surface area contributed by atoms with Crippen LogP contribution in [0.1, 0.15) is 36.0 Å². The molecule has 110 valence electrons. The molecular weight excluding hydrogens is 337 g/mol. The largest absolute Gasteiger partial charge is 0.391 e. The van der Waals surface area contributed by atoms with Crippen molar-refractivity contribution < 1.29 is 18.0 Å². The van der Waals surface area contributed by atoms with Gasteiger partial charge in [-0.15, -0.1) is 0 Å². The Hall–Kier alpha value is -1.11. The van der Waals surface area contributed by atoms with Gasteiger partial charge < -0.3 is 5.32 Å². The fourth-order valence-corrected chi connectivity index (χ4v) is 2.73. The molecule has 20 heavy (non-hydrogen) atoms. The van der Waals surface area contributed by atoms with E-state index in [2.05, 4.69) is 26.2 Å². The molecule has 1 aromatic rings. The minimum absolute atomic E-state index is 0.0746. The molecular formula is C13H14BrF3N2O. The summed E-state index contributed by atoms with van der Waals surface area (Å²) >= 11 is 3.22. The number of alkyl halides is 3. The van der Waals surface area contributed by atoms with E-state index in [0.717, 1.165) is 0 Å². The van der Waals surface area contributed by atoms with Gasteiger partial charge in [-0.05, 0) is 47.7 Å². The molecule has 1 aromatic heterocycles. The Morgan fingerprint density at radius 1 is 1.25 bits per heavy atom. The highest BCUT2D eigenvalue weighted by molar-refractivity contribution is 9.10. The van der Waals surface area contributed by atoms with Crippen LogP contribution in [-0.4, -0.2) is 23.1 Å². The van der Waals surface area contributed by atoms with Crippen LogP contribution in [-0.2, 0) is 0 Å². The van der Waals surface area contributed by atoms with Crippen molar-refractivity contribution in [2.45, 2.75) is 37.9 Å². The lowest BCUT2D eigenvalue weighted by Crippen LogP contribution is -2.40. The van der Waals surface area contributed by atoms with Crippen LogP contribution in [0.4, 0.5) is 13.2 Å². The Morgan fingerprint density at radius 2 is 1.90 bits per heavy atom. The molecule has 1 fully saturated rings. The molecule has 1 amide bonds. The van der Waals surface area contributed by atoms with Crippen molar-refractivity contribution in [3.05, 3.63) is 28.5 Å². The zero-order valence-corrected chi connectivity index (χ0v) is 12.2. The number of hydrogen-bond acceptors (Lipinski definition) is 2. The molecule has 1 N–H and O–H groups in total. The molecule has 0 aromatic carbocycles. The second-order valence-corrected chi connectivity index (χ2v) is 5.87. The van der Waals surface area contributed by atoms with Crippen LogP contribution in [0.5, 0.6) is 0 Å². The molecule has 0 unspecified atom stereocenters. The highest BCUT2D eigenvalue weighted by Crippen LogP contribution is 2.37. The minimum atomic E-state index is -4.12. The number of amides is 1. The highest BCUT2D eigenvalue weighted by Gasteiger charge is 2.41. The number of nitrogens with one attached hydrogen (secondary N) is 1. The van der Waals surface area contributed by atoms with E-state index in [-0.39, 0.29) is 24.8 Å². The van der Waals surface area contributed by atoms with Crippen molar-refractivity contribution in [3.8, 4) is 0 Å². The van der Waals surface area contributed by atoms with Crippen molar-refractivity contribution in [2.24, 2.45) is 5.92 Å². The SMILES string of the molecule is O=C(NC1CCC(C(F)(F)F)CC1)c1cncc(Br)c1. The summed E-state index contributed by atoms with van der Waals surface area (Å²) in [7, 11) is 0. The molecule has 0 radical (unpaired) electrons. The van der Waals surface area contributed by atoms with Gasteiger partial charge >= 0.3 is 6.18 Å². The number of pyridine rings is 1. The number of aromatic nitrogens is 1. The molecule has 3 nitrogen and oxygen atoms in total. The summed E-state index contributed by atoms with van der Waals surface area (Å²) in [6, 6.07) is 1.43. The van der Waals surface area contributed by atoms with Crippen LogP contribution in [0.15, 0.2) is 22.9 Å². The molecule has 0 aliphatic heterocycles. The maximum Gasteiger partial charge on any atom is 0.391 e. The van der Waals surface area contributed by atoms with E-state index >= 15 is 0 Å². The first-order chi connectivity index (χ1) is 9.36. The monoisotopic (exact) mass is 350 g/mol. The molecule has 0 saturated heterocycles. The van der Waals surface area contributed by atoms with Gasteiger partial charge in [-0.25, -0.2) is 0 Å². The molecule has 1 heterocycles. The molecule has 1 saturated carbocycles. The fraction of sp³-hybridized carbons (Fsp3) is 0.538. The summed E-state index contributed by atoms with van der Waals surface area (Å²) in [6.45, 7) is 0. The predicted octanol–water partition coefficient (Wildman–Crippen LogP) is 3.70. The van der Waals surface area contributed by atoms with Gasteiger partial charge in [0, 0.05) is 22.9 Å². The van der Waals surface area contributed by atoms with Gasteiger partial charge in [-0.1, -0.05) is 0 Å². The quantitative estimate of drug-likeness (QED) is 0.883. The third kappa shape index (κ3) is 3.94. The van der Waals surface area contributed by atoms with Crippen LogP contribution in [0.25, 0.3) is 0 Å². The molecule has 1 aliphatic rings. The second kappa shape index (κ2) is 6.11. The number of nitrogens with zero attached hydrogens (tertiary/aromatic N) is 1. The highest BCUT2D eigenvalue weighted by atomic mass is 79.9. The van der Waals surface area contributed by atoms with E-state index < -0.39 is 12.1 Å². The zero-order chi connectivity index (χ0) is 14.8. The first-order valence-electron chi connectivity index (χ1n) is 6.34. The van der Waals surface area contributed by atoms with E-state index in [9.17, 15) is 18.0 Å². The summed E-state index contributed by atoms with van der Waals surface area (Å²) < 4.78 is 38.3. The molecule has 0 atom stereocenters. The van der Waals surface area contributed by atoms with Crippen molar-refractivity contribution in [3.63, 3.8) is 0 Å². The van der Waals surface area contributed by atoms with Gasteiger partial charge in [0.1, 0.15) is 0 Å². The third-order valence-electron chi connectivity index (χ3n) is 3.49. The van der Waals surface area contributed by atoms with Crippen LogP contribution in [0.3, 0.4) is 0 Å². The van der Waals surface area contributed by atoms with Gasteiger partial charge in [0.2, 0.25) is 0 Å². The topological polar surface area (TPSA) is 42.0 Å². The van der Waals surface area contributed by atoms with E-state index in [1.807, 2.05) is 0 Å². The fourth-order valence-electron chi connectivity index (χ4n) is 2.37. The predicted molar refractivity (Wildman–Crippen MR) is 71.2 cm³/mol. The second-order valence-electron chi connectivity index (χ2n) is 4.96. The first-order valence-corrected chi connectivity index (χ1v) is 7.13. The average Bonchev–Trinajstić information content (AvgIpc) is 2.38. The summed E-state index contributed by atoms with van der Waals surface area (Å²) in [5.74, 6) is -1.53. The van der Waals surface area contributed by atoms with Crippen molar-refractivity contribution in [1.29, 1.82) is 0 Å². The lowest BCUT2D eigenvalue weighted by atomic mass is 9.85. The van der Waals surface area contributed by atoms with Gasteiger partial charge in [0.25, 0.3) is 5.91 Å². The summed E-state index contributed by atoms with van der Waals surface area (Å²) in [5, 5.41) is 2.77. The summed E-state index contributed by atoms with van der Waals surface area (Å²) in [5.41, 5.74) is 0.400. The van der Waals surface area contributed by atoms with Crippen LogP contribution >= 0.6 is 15.9 Å². The Morgan fingerprint density at radius 3 is 2.45 bits per heavy atom. The Balaban J connectivity index is 1.88. The third-order valence-corrected chi connectivity index (χ3v) is 3.93. The minimum Gasteiger partial charge on any atom is -0.349 e. The lowest BCUT2D eigenvalue weighted by molar-refractivity contribution is -0.182. The van der Waals surface area contributed by atoms with Gasteiger partial charge in [0.05, 0.1) is 11.5 Å². The van der Waals surface area contributed by atoms with Gasteiger partial charge in [-0.3, -0.25) is 9.78 Å². The molecule has 0 bridgehead atoms. The van der Waals surface area contributed by atoms with Crippen molar-refractivity contribution >= 4 is 21.8 Å². The van der Waals surface area contributed by atoms with E-state index in [1.165, 1.54) is 6.20 Å². The Labute approximate surface area is 123 Å². The van der Waals surface area contributed by atoms with E-state index in [4.69, 9.17) is 0 Å². The zero-order valence-electron chi connectivity index (χ0n) is 10.6. The van der Waals surface area contributed by atoms with Gasteiger partial charge in [0.15, 0.2) is 0 Å². The lowest BCUT2D eigenvalue weighted by Gasteiger charge is -2.30. The van der Waals surface area contributed by atoms with Crippen molar-refractivity contribution in [2.75, 3.05) is 0 Å². The standard InChI is InChI=1S/C13H14BrF3N2O/c14-10-5-8(6-18-7-10)12(20)19-11-3-1-9(2-4-11)13(15,16)17/h5-7,9,11H,1-4H2,(H,19,20). The molecule has 7 heteroatoms. The number of halogens is 4. The summed E-state index contributed by atoms with van der Waals surface area (Å²) in [6.07, 6.45) is -0.263. The van der Waals surface area contributed by atoms with E-state index in [1.54, 1.807) is 12.3 Å². The number of hydrogen-bond donors (Lipinski definition) is 1. The molecule has 0 spiro atoms. The smallest absolute Gasteiger partial charge is 0.349 e. The maximum atomic E-state index is 12.5. The Bertz CT molecular complexity index is 485. The Kier molecular flexibility index (Phi) is 4.67. The molecule has 1 aliphatic carbocycles. The first kappa shape index (κ1) is 15.3. The average molecular weight is 351 g/mol. The normalized spacial score (nSPS) is 23.4. The summed E-state index contributed by atoms with van der Waals surface area (Å²) in [4.78, 5) is 15.8. The number of carbonyl (C=O) groups is 1. The van der Waals surface area contributed by atoms with Crippen LogP contribution < -0.4 is 5.32 Å². The van der Waals surface area contributed by atoms with E-state index in [0.29, 0.717) is 22.9 Å².